The molecule has 0 amide bonds. The Morgan fingerprint density at radius 1 is 1.29 bits per heavy atom. The molecule has 4 heteroatoms. The van der Waals surface area contributed by atoms with Crippen LogP contribution in [0.4, 0.5) is 4.39 Å². The maximum absolute atomic E-state index is 13.5. The summed E-state index contributed by atoms with van der Waals surface area (Å²) in [7, 11) is 0. The summed E-state index contributed by atoms with van der Waals surface area (Å²) in [5.74, 6) is -0.290. The van der Waals surface area contributed by atoms with E-state index in [9.17, 15) is 4.39 Å². The lowest BCUT2D eigenvalue weighted by molar-refractivity contribution is 0.281. The molecule has 0 fully saturated rings. The molecule has 1 aromatic heterocycles. The second kappa shape index (κ2) is 4.51. The predicted octanol–water partition coefficient (Wildman–Crippen LogP) is 3.58. The molecule has 0 atom stereocenters. The van der Waals surface area contributed by atoms with Gasteiger partial charge in [-0.15, -0.1) is 0 Å². The molecule has 0 aliphatic carbocycles. The van der Waals surface area contributed by atoms with E-state index in [2.05, 4.69) is 4.98 Å². The molecule has 0 saturated carbocycles. The van der Waals surface area contributed by atoms with E-state index < -0.39 is 0 Å². The van der Waals surface area contributed by atoms with Crippen molar-refractivity contribution in [3.05, 3.63) is 45.9 Å². The number of hydrogen-bond donors (Lipinski definition) is 2. The van der Waals surface area contributed by atoms with E-state index in [-0.39, 0.29) is 12.4 Å². The van der Waals surface area contributed by atoms with Gasteiger partial charge in [0.15, 0.2) is 0 Å². The third-order valence-corrected chi connectivity index (χ3v) is 3.14. The number of aliphatic hydroxyl groups excluding tert-OH is 1. The topological polar surface area (TPSA) is 36.0 Å². The average Bonchev–Trinajstić information content (AvgIpc) is 2.65. The van der Waals surface area contributed by atoms with Crippen LogP contribution < -0.4 is 0 Å². The standard InChI is InChI=1S/C13H13ClFNO/c1-7-3-11(14)10(5-12(7)15)13-4-9(6-17)8(2)16-13/h3-5,16-17H,6H2,1-2H3. The van der Waals surface area contributed by atoms with Crippen molar-refractivity contribution in [1.29, 1.82) is 0 Å². The third-order valence-electron chi connectivity index (χ3n) is 2.83. The van der Waals surface area contributed by atoms with E-state index in [1.165, 1.54) is 6.07 Å². The maximum atomic E-state index is 13.5. The van der Waals surface area contributed by atoms with E-state index in [0.29, 0.717) is 16.1 Å². The molecule has 0 bridgehead atoms. The van der Waals surface area contributed by atoms with Gasteiger partial charge in [-0.05, 0) is 43.2 Å². The molecule has 2 rings (SSSR count). The van der Waals surface area contributed by atoms with E-state index in [1.54, 1.807) is 19.1 Å². The Morgan fingerprint density at radius 3 is 2.59 bits per heavy atom. The lowest BCUT2D eigenvalue weighted by Crippen LogP contribution is -1.87. The minimum absolute atomic E-state index is 0.0473. The van der Waals surface area contributed by atoms with Crippen LogP contribution in [-0.2, 0) is 6.61 Å². The van der Waals surface area contributed by atoms with Gasteiger partial charge in [0.25, 0.3) is 0 Å². The molecular formula is C13H13ClFNO. The van der Waals surface area contributed by atoms with Gasteiger partial charge < -0.3 is 10.1 Å². The van der Waals surface area contributed by atoms with Crippen LogP contribution in [0.25, 0.3) is 11.3 Å². The number of nitrogens with one attached hydrogen (secondary N) is 1. The van der Waals surface area contributed by atoms with Crippen molar-refractivity contribution >= 4 is 11.6 Å². The number of H-pyrrole nitrogens is 1. The van der Waals surface area contributed by atoms with Crippen LogP contribution in [-0.4, -0.2) is 10.1 Å². The number of benzene rings is 1. The summed E-state index contributed by atoms with van der Waals surface area (Å²) >= 11 is 6.09. The molecule has 2 nitrogen and oxygen atoms in total. The van der Waals surface area contributed by atoms with Crippen molar-refractivity contribution in [2.75, 3.05) is 0 Å². The first-order chi connectivity index (χ1) is 8.02. The maximum Gasteiger partial charge on any atom is 0.126 e. The van der Waals surface area contributed by atoms with Gasteiger partial charge in [-0.25, -0.2) is 4.39 Å². The first kappa shape index (κ1) is 12.1. The van der Waals surface area contributed by atoms with E-state index in [0.717, 1.165) is 17.0 Å². The summed E-state index contributed by atoms with van der Waals surface area (Å²) < 4.78 is 13.5. The smallest absolute Gasteiger partial charge is 0.126 e. The van der Waals surface area contributed by atoms with Gasteiger partial charge in [0.2, 0.25) is 0 Å². The van der Waals surface area contributed by atoms with Crippen molar-refractivity contribution in [3.8, 4) is 11.3 Å². The van der Waals surface area contributed by atoms with Crippen LogP contribution >= 0.6 is 11.6 Å². The fraction of sp³-hybridized carbons (Fsp3) is 0.231. The van der Waals surface area contributed by atoms with Crippen LogP contribution in [0.2, 0.25) is 5.02 Å². The Hall–Kier alpha value is -1.32. The van der Waals surface area contributed by atoms with Gasteiger partial charge in [-0.1, -0.05) is 11.6 Å². The van der Waals surface area contributed by atoms with Gasteiger partial charge in [-0.2, -0.15) is 0 Å². The molecule has 90 valence electrons. The largest absolute Gasteiger partial charge is 0.392 e. The highest BCUT2D eigenvalue weighted by Crippen LogP contribution is 2.30. The molecule has 0 saturated heterocycles. The summed E-state index contributed by atoms with van der Waals surface area (Å²) in [4.78, 5) is 3.09. The Bertz CT molecular complexity index is 563. The van der Waals surface area contributed by atoms with Crippen molar-refractivity contribution in [2.45, 2.75) is 20.5 Å². The highest BCUT2D eigenvalue weighted by Gasteiger charge is 2.11. The average molecular weight is 254 g/mol. The van der Waals surface area contributed by atoms with Gasteiger partial charge in [0.1, 0.15) is 5.82 Å². The van der Waals surface area contributed by atoms with Crippen molar-refractivity contribution in [1.82, 2.24) is 4.98 Å². The quantitative estimate of drug-likeness (QED) is 0.843. The molecule has 2 aromatic rings. The van der Waals surface area contributed by atoms with Crippen molar-refractivity contribution in [3.63, 3.8) is 0 Å². The zero-order valence-corrected chi connectivity index (χ0v) is 10.4. The molecule has 0 unspecified atom stereocenters. The Balaban J connectivity index is 2.56. The molecule has 2 N–H and O–H groups in total. The Labute approximate surface area is 104 Å². The van der Waals surface area contributed by atoms with Crippen molar-refractivity contribution < 1.29 is 9.50 Å². The lowest BCUT2D eigenvalue weighted by atomic mass is 10.1. The highest BCUT2D eigenvalue weighted by atomic mass is 35.5. The normalized spacial score (nSPS) is 10.9. The van der Waals surface area contributed by atoms with Gasteiger partial charge in [0.05, 0.1) is 11.6 Å². The SMILES string of the molecule is Cc1cc(Cl)c(-c2cc(CO)c(C)[nH]2)cc1F. The van der Waals surface area contributed by atoms with Crippen LogP contribution in [0.15, 0.2) is 18.2 Å². The fourth-order valence-corrected chi connectivity index (χ4v) is 2.08. The minimum atomic E-state index is -0.290. The number of aromatic amines is 1. The van der Waals surface area contributed by atoms with Crippen LogP contribution in [0, 0.1) is 19.7 Å². The van der Waals surface area contributed by atoms with Crippen molar-refractivity contribution in [2.24, 2.45) is 0 Å². The predicted molar refractivity (Wildman–Crippen MR) is 66.6 cm³/mol. The molecule has 0 aliphatic heterocycles. The Morgan fingerprint density at radius 2 is 2.00 bits per heavy atom. The highest BCUT2D eigenvalue weighted by molar-refractivity contribution is 6.33. The molecule has 0 radical (unpaired) electrons. The second-order valence-corrected chi connectivity index (χ2v) is 4.48. The molecular weight excluding hydrogens is 241 g/mol. The number of aliphatic hydroxyl groups is 1. The number of halogens is 2. The summed E-state index contributed by atoms with van der Waals surface area (Å²) in [6.45, 7) is 3.48. The first-order valence-corrected chi connectivity index (χ1v) is 5.66. The van der Waals surface area contributed by atoms with E-state index >= 15 is 0 Å². The Kier molecular flexibility index (Phi) is 3.22. The zero-order valence-electron chi connectivity index (χ0n) is 9.64. The minimum Gasteiger partial charge on any atom is -0.392 e. The first-order valence-electron chi connectivity index (χ1n) is 5.28. The number of rotatable bonds is 2. The van der Waals surface area contributed by atoms with Gasteiger partial charge in [-0.3, -0.25) is 0 Å². The monoisotopic (exact) mass is 253 g/mol. The van der Waals surface area contributed by atoms with Gasteiger partial charge >= 0.3 is 0 Å². The van der Waals surface area contributed by atoms with Crippen LogP contribution in [0.3, 0.4) is 0 Å². The van der Waals surface area contributed by atoms with Crippen LogP contribution in [0.5, 0.6) is 0 Å². The van der Waals surface area contributed by atoms with Gasteiger partial charge in [0, 0.05) is 17.0 Å². The fourth-order valence-electron chi connectivity index (χ4n) is 1.76. The number of aryl methyl sites for hydroxylation is 2. The summed E-state index contributed by atoms with van der Waals surface area (Å²) in [5, 5.41) is 9.61. The summed E-state index contributed by atoms with van der Waals surface area (Å²) in [5.41, 5.74) is 3.49. The molecule has 1 aromatic carbocycles. The summed E-state index contributed by atoms with van der Waals surface area (Å²) in [6, 6.07) is 4.79. The van der Waals surface area contributed by atoms with Crippen LogP contribution in [0.1, 0.15) is 16.8 Å². The lowest BCUT2D eigenvalue weighted by Gasteiger charge is -2.04. The van der Waals surface area contributed by atoms with E-state index in [4.69, 9.17) is 16.7 Å². The number of hydrogen-bond acceptors (Lipinski definition) is 1. The second-order valence-electron chi connectivity index (χ2n) is 4.07. The molecule has 17 heavy (non-hydrogen) atoms. The molecule has 0 aliphatic rings. The molecule has 0 spiro atoms. The third kappa shape index (κ3) is 2.21. The number of aromatic nitrogens is 1. The summed E-state index contributed by atoms with van der Waals surface area (Å²) in [6.07, 6.45) is 0. The zero-order chi connectivity index (χ0) is 12.6. The van der Waals surface area contributed by atoms with E-state index in [1.807, 2.05) is 6.92 Å². The molecule has 1 heterocycles.